The van der Waals surface area contributed by atoms with Crippen molar-refractivity contribution >= 4 is 10.2 Å². The standard InChI is InChI=1S/C8H20N2O5S/c1-7(2)10(3)16(14,15)9-8(4-11,5-12)6-13/h7,9,11-13H,4-6H2,1-3H3. The van der Waals surface area contributed by atoms with Gasteiger partial charge in [-0.05, 0) is 13.8 Å². The fourth-order valence-electron chi connectivity index (χ4n) is 0.870. The second-order valence-electron chi connectivity index (χ2n) is 3.97. The molecule has 0 bridgehead atoms. The molecule has 0 radical (unpaired) electrons. The topological polar surface area (TPSA) is 110 Å². The lowest BCUT2D eigenvalue weighted by Gasteiger charge is -2.31. The van der Waals surface area contributed by atoms with Gasteiger partial charge in [-0.3, -0.25) is 0 Å². The summed E-state index contributed by atoms with van der Waals surface area (Å²) >= 11 is 0. The lowest BCUT2D eigenvalue weighted by molar-refractivity contribution is 0.0568. The van der Waals surface area contributed by atoms with E-state index in [1.54, 1.807) is 13.8 Å². The van der Waals surface area contributed by atoms with Gasteiger partial charge in [0, 0.05) is 13.1 Å². The maximum atomic E-state index is 11.7. The quantitative estimate of drug-likeness (QED) is 0.416. The molecular formula is C8H20N2O5S. The molecule has 7 nitrogen and oxygen atoms in total. The Morgan fingerprint density at radius 2 is 1.56 bits per heavy atom. The average Bonchev–Trinajstić information content (AvgIpc) is 2.24. The fraction of sp³-hybridized carbons (Fsp3) is 1.00. The van der Waals surface area contributed by atoms with E-state index < -0.39 is 35.6 Å². The summed E-state index contributed by atoms with van der Waals surface area (Å²) in [5.41, 5.74) is -1.64. The van der Waals surface area contributed by atoms with Crippen molar-refractivity contribution in [3.05, 3.63) is 0 Å². The van der Waals surface area contributed by atoms with Crippen molar-refractivity contribution in [1.29, 1.82) is 0 Å². The van der Waals surface area contributed by atoms with E-state index in [0.29, 0.717) is 0 Å². The highest BCUT2D eigenvalue weighted by molar-refractivity contribution is 7.87. The van der Waals surface area contributed by atoms with E-state index in [9.17, 15) is 8.42 Å². The maximum Gasteiger partial charge on any atom is 0.280 e. The third-order valence-corrected chi connectivity index (χ3v) is 4.23. The molecule has 0 rings (SSSR count). The third kappa shape index (κ3) is 3.65. The van der Waals surface area contributed by atoms with Crippen molar-refractivity contribution in [2.45, 2.75) is 25.4 Å². The Balaban J connectivity index is 4.94. The molecule has 8 heteroatoms. The number of nitrogens with one attached hydrogen (secondary N) is 1. The van der Waals surface area contributed by atoms with Crippen LogP contribution in [0.15, 0.2) is 0 Å². The predicted molar refractivity (Wildman–Crippen MR) is 58.9 cm³/mol. The second-order valence-corrected chi connectivity index (χ2v) is 5.70. The van der Waals surface area contributed by atoms with E-state index in [2.05, 4.69) is 4.72 Å². The van der Waals surface area contributed by atoms with E-state index in [0.717, 1.165) is 4.31 Å². The van der Waals surface area contributed by atoms with Crippen LogP contribution in [-0.2, 0) is 10.2 Å². The summed E-state index contributed by atoms with van der Waals surface area (Å²) in [6.07, 6.45) is 0. The molecule has 0 atom stereocenters. The monoisotopic (exact) mass is 256 g/mol. The Morgan fingerprint density at radius 1 is 1.19 bits per heavy atom. The molecule has 0 aromatic heterocycles. The lowest BCUT2D eigenvalue weighted by atomic mass is 10.1. The molecule has 16 heavy (non-hydrogen) atoms. The first-order chi connectivity index (χ1) is 7.24. The zero-order chi connectivity index (χ0) is 13.0. The average molecular weight is 256 g/mol. The van der Waals surface area contributed by atoms with Gasteiger partial charge >= 0.3 is 0 Å². The first-order valence-corrected chi connectivity index (χ1v) is 6.28. The molecule has 0 saturated heterocycles. The van der Waals surface area contributed by atoms with Gasteiger partial charge in [0.15, 0.2) is 0 Å². The zero-order valence-corrected chi connectivity index (χ0v) is 10.5. The first kappa shape index (κ1) is 15.8. The van der Waals surface area contributed by atoms with Crippen LogP contribution in [0.25, 0.3) is 0 Å². The van der Waals surface area contributed by atoms with Gasteiger partial charge in [-0.15, -0.1) is 0 Å². The van der Waals surface area contributed by atoms with Gasteiger partial charge in [0.25, 0.3) is 10.2 Å². The van der Waals surface area contributed by atoms with Gasteiger partial charge in [0.1, 0.15) is 5.54 Å². The van der Waals surface area contributed by atoms with Crippen molar-refractivity contribution in [2.24, 2.45) is 0 Å². The summed E-state index contributed by atoms with van der Waals surface area (Å²) < 4.78 is 26.6. The molecule has 0 spiro atoms. The van der Waals surface area contributed by atoms with Crippen molar-refractivity contribution in [1.82, 2.24) is 9.03 Å². The predicted octanol–water partition coefficient (Wildman–Crippen LogP) is -2.12. The molecular weight excluding hydrogens is 236 g/mol. The van der Waals surface area contributed by atoms with Crippen LogP contribution in [0.5, 0.6) is 0 Å². The summed E-state index contributed by atoms with van der Waals surface area (Å²) in [4.78, 5) is 0. The van der Waals surface area contributed by atoms with Gasteiger partial charge < -0.3 is 15.3 Å². The first-order valence-electron chi connectivity index (χ1n) is 4.84. The van der Waals surface area contributed by atoms with Crippen LogP contribution >= 0.6 is 0 Å². The summed E-state index contributed by atoms with van der Waals surface area (Å²) in [6.45, 7) is 1.29. The highest BCUT2D eigenvalue weighted by Gasteiger charge is 2.35. The highest BCUT2D eigenvalue weighted by Crippen LogP contribution is 2.08. The van der Waals surface area contributed by atoms with Crippen LogP contribution in [0.2, 0.25) is 0 Å². The summed E-state index contributed by atoms with van der Waals surface area (Å²) in [6, 6.07) is -0.272. The molecule has 0 aliphatic heterocycles. The summed E-state index contributed by atoms with van der Waals surface area (Å²) in [5.74, 6) is 0. The van der Waals surface area contributed by atoms with Gasteiger partial charge in [0.05, 0.1) is 19.8 Å². The molecule has 0 unspecified atom stereocenters. The number of rotatable bonds is 7. The Kier molecular flexibility index (Phi) is 5.80. The molecule has 0 aromatic rings. The molecule has 0 aliphatic carbocycles. The van der Waals surface area contributed by atoms with Crippen molar-refractivity contribution in [3.8, 4) is 0 Å². The molecule has 0 amide bonds. The molecule has 0 aliphatic rings. The Hall–Kier alpha value is -0.250. The van der Waals surface area contributed by atoms with Crippen LogP contribution in [0.3, 0.4) is 0 Å². The Morgan fingerprint density at radius 3 is 1.81 bits per heavy atom. The van der Waals surface area contributed by atoms with Crippen molar-refractivity contribution in [2.75, 3.05) is 26.9 Å². The second kappa shape index (κ2) is 5.89. The Labute approximate surface area is 95.9 Å². The summed E-state index contributed by atoms with van der Waals surface area (Å²) in [5, 5.41) is 27.0. The van der Waals surface area contributed by atoms with Crippen molar-refractivity contribution < 1.29 is 23.7 Å². The molecule has 0 aromatic carbocycles. The minimum atomic E-state index is -3.85. The van der Waals surface area contributed by atoms with Crippen molar-refractivity contribution in [3.63, 3.8) is 0 Å². The minimum absolute atomic E-state index is 0.272. The van der Waals surface area contributed by atoms with E-state index in [1.165, 1.54) is 7.05 Å². The molecule has 0 heterocycles. The lowest BCUT2D eigenvalue weighted by Crippen LogP contribution is -2.60. The number of hydrogen-bond acceptors (Lipinski definition) is 5. The van der Waals surface area contributed by atoms with E-state index in [4.69, 9.17) is 15.3 Å². The number of aliphatic hydroxyl groups excluding tert-OH is 3. The SMILES string of the molecule is CC(C)N(C)S(=O)(=O)NC(CO)(CO)CO. The smallest absolute Gasteiger partial charge is 0.280 e. The van der Waals surface area contributed by atoms with E-state index in [1.807, 2.05) is 0 Å². The molecule has 0 saturated carbocycles. The zero-order valence-electron chi connectivity index (χ0n) is 9.71. The molecule has 98 valence electrons. The third-order valence-electron chi connectivity index (χ3n) is 2.36. The molecule has 4 N–H and O–H groups in total. The number of aliphatic hydroxyl groups is 3. The number of hydrogen-bond donors (Lipinski definition) is 4. The summed E-state index contributed by atoms with van der Waals surface area (Å²) in [7, 11) is -2.49. The highest BCUT2D eigenvalue weighted by atomic mass is 32.2. The largest absolute Gasteiger partial charge is 0.394 e. The van der Waals surface area contributed by atoms with Gasteiger partial charge in [-0.2, -0.15) is 17.4 Å². The normalized spacial score (nSPS) is 13.8. The van der Waals surface area contributed by atoms with E-state index >= 15 is 0 Å². The molecule has 0 fully saturated rings. The van der Waals surface area contributed by atoms with Crippen LogP contribution < -0.4 is 4.72 Å². The van der Waals surface area contributed by atoms with Gasteiger partial charge in [-0.1, -0.05) is 0 Å². The van der Waals surface area contributed by atoms with Crippen LogP contribution in [0.1, 0.15) is 13.8 Å². The Bertz CT molecular complexity index is 291. The van der Waals surface area contributed by atoms with Gasteiger partial charge in [0.2, 0.25) is 0 Å². The van der Waals surface area contributed by atoms with Crippen LogP contribution in [0, 0.1) is 0 Å². The van der Waals surface area contributed by atoms with Gasteiger partial charge in [-0.25, -0.2) is 0 Å². The maximum absolute atomic E-state index is 11.7. The fourth-order valence-corrected chi connectivity index (χ4v) is 2.31. The van der Waals surface area contributed by atoms with E-state index in [-0.39, 0.29) is 6.04 Å². The van der Waals surface area contributed by atoms with Crippen LogP contribution in [0.4, 0.5) is 0 Å². The van der Waals surface area contributed by atoms with Crippen LogP contribution in [-0.4, -0.2) is 66.5 Å². The number of nitrogens with zero attached hydrogens (tertiary/aromatic N) is 1. The minimum Gasteiger partial charge on any atom is -0.394 e.